The average molecular weight is 296 g/mol. The highest BCUT2D eigenvalue weighted by atomic mass is 16.2. The molecule has 1 fully saturated rings. The van der Waals surface area contributed by atoms with Gasteiger partial charge in [0.2, 0.25) is 5.91 Å². The lowest BCUT2D eigenvalue weighted by Gasteiger charge is -2.04. The van der Waals surface area contributed by atoms with Gasteiger partial charge in [-0.25, -0.2) is 0 Å². The Hall–Kier alpha value is -2.03. The van der Waals surface area contributed by atoms with E-state index in [4.69, 9.17) is 0 Å². The molecule has 3 heteroatoms. The van der Waals surface area contributed by atoms with Gasteiger partial charge >= 0.3 is 0 Å². The number of H-pyrrole nitrogens is 1. The molecule has 0 aliphatic heterocycles. The lowest BCUT2D eigenvalue weighted by molar-refractivity contribution is -0.123. The first kappa shape index (κ1) is 14.9. The number of amides is 1. The molecule has 3 nitrogen and oxygen atoms in total. The minimum atomic E-state index is 0.0712. The Kier molecular flexibility index (Phi) is 3.59. The molecule has 3 rings (SSSR count). The maximum absolute atomic E-state index is 12.4. The van der Waals surface area contributed by atoms with Crippen LogP contribution in [0.15, 0.2) is 42.0 Å². The Labute approximate surface area is 131 Å². The number of allylic oxidation sites excluding steroid dienone is 2. The number of carbonyl (C=O) groups excluding carboxylic acids is 1. The number of rotatable bonds is 4. The molecule has 0 spiro atoms. The van der Waals surface area contributed by atoms with E-state index in [9.17, 15) is 4.79 Å². The number of aromatic nitrogens is 1. The predicted octanol–water partition coefficient (Wildman–Crippen LogP) is 4.02. The molecule has 1 saturated carbocycles. The number of aromatic amines is 1. The van der Waals surface area contributed by atoms with Gasteiger partial charge in [-0.15, -0.1) is 0 Å². The molecule has 22 heavy (non-hydrogen) atoms. The van der Waals surface area contributed by atoms with Gasteiger partial charge < -0.3 is 10.3 Å². The first-order valence-electron chi connectivity index (χ1n) is 7.89. The standard InChI is InChI=1S/C19H24N2O/c1-12(2)9-15-17(19(15,3)4)18(22)20-11-14-10-13-7-5-6-8-16(13)21-14/h5-10,15,17,21H,11H2,1-4H3,(H,20,22)/t15-,17+/m0/s1. The summed E-state index contributed by atoms with van der Waals surface area (Å²) < 4.78 is 0. The normalized spacial score (nSPS) is 22.4. The molecular weight excluding hydrogens is 272 g/mol. The molecule has 1 aromatic heterocycles. The van der Waals surface area contributed by atoms with Crippen molar-refractivity contribution in [1.82, 2.24) is 10.3 Å². The summed E-state index contributed by atoms with van der Waals surface area (Å²) in [5.41, 5.74) is 3.51. The quantitative estimate of drug-likeness (QED) is 0.822. The van der Waals surface area contributed by atoms with Gasteiger partial charge in [0.1, 0.15) is 0 Å². The van der Waals surface area contributed by atoms with E-state index in [0.717, 1.165) is 11.2 Å². The molecule has 0 radical (unpaired) electrons. The summed E-state index contributed by atoms with van der Waals surface area (Å²) in [6, 6.07) is 10.3. The van der Waals surface area contributed by atoms with Gasteiger partial charge in [-0.1, -0.05) is 43.7 Å². The Bertz CT molecular complexity index is 702. The van der Waals surface area contributed by atoms with Crippen molar-refractivity contribution in [3.8, 4) is 0 Å². The number of benzene rings is 1. The monoisotopic (exact) mass is 296 g/mol. The fourth-order valence-electron chi connectivity index (χ4n) is 3.37. The highest BCUT2D eigenvalue weighted by Gasteiger charge is 2.60. The van der Waals surface area contributed by atoms with E-state index in [2.05, 4.69) is 62.3 Å². The van der Waals surface area contributed by atoms with Gasteiger partial charge in [0, 0.05) is 11.2 Å². The van der Waals surface area contributed by atoms with Crippen LogP contribution in [0.4, 0.5) is 0 Å². The largest absolute Gasteiger partial charge is 0.357 e. The minimum Gasteiger partial charge on any atom is -0.357 e. The minimum absolute atomic E-state index is 0.0712. The molecule has 1 amide bonds. The van der Waals surface area contributed by atoms with Crippen molar-refractivity contribution < 1.29 is 4.79 Å². The van der Waals surface area contributed by atoms with Crippen LogP contribution in [0.3, 0.4) is 0 Å². The summed E-state index contributed by atoms with van der Waals surface area (Å²) >= 11 is 0. The van der Waals surface area contributed by atoms with Gasteiger partial charge in [0.15, 0.2) is 0 Å². The van der Waals surface area contributed by atoms with E-state index >= 15 is 0 Å². The van der Waals surface area contributed by atoms with Crippen LogP contribution in [0.5, 0.6) is 0 Å². The second kappa shape index (κ2) is 5.31. The van der Waals surface area contributed by atoms with Crippen molar-refractivity contribution >= 4 is 16.8 Å². The number of hydrogen-bond acceptors (Lipinski definition) is 1. The third kappa shape index (κ3) is 2.68. The number of nitrogens with one attached hydrogen (secondary N) is 2. The molecule has 0 unspecified atom stereocenters. The van der Waals surface area contributed by atoms with Gasteiger partial charge in [-0.05, 0) is 42.7 Å². The van der Waals surface area contributed by atoms with Gasteiger partial charge in [-0.3, -0.25) is 4.79 Å². The zero-order chi connectivity index (χ0) is 15.9. The van der Waals surface area contributed by atoms with E-state index < -0.39 is 0 Å². The van der Waals surface area contributed by atoms with E-state index in [-0.39, 0.29) is 17.2 Å². The summed E-state index contributed by atoms with van der Waals surface area (Å²) in [4.78, 5) is 15.8. The van der Waals surface area contributed by atoms with Crippen molar-refractivity contribution in [2.75, 3.05) is 0 Å². The Morgan fingerprint density at radius 3 is 2.73 bits per heavy atom. The van der Waals surface area contributed by atoms with Crippen LogP contribution in [0.25, 0.3) is 10.9 Å². The Morgan fingerprint density at radius 1 is 1.32 bits per heavy atom. The molecular formula is C19H24N2O. The van der Waals surface area contributed by atoms with Crippen LogP contribution in [-0.4, -0.2) is 10.9 Å². The molecule has 2 N–H and O–H groups in total. The molecule has 1 aliphatic rings. The average Bonchev–Trinajstić information content (AvgIpc) is 2.83. The van der Waals surface area contributed by atoms with Gasteiger partial charge in [-0.2, -0.15) is 0 Å². The zero-order valence-electron chi connectivity index (χ0n) is 13.7. The maximum atomic E-state index is 12.4. The highest BCUT2D eigenvalue weighted by molar-refractivity contribution is 5.84. The fourth-order valence-corrected chi connectivity index (χ4v) is 3.37. The highest BCUT2D eigenvalue weighted by Crippen LogP contribution is 2.59. The van der Waals surface area contributed by atoms with E-state index in [1.807, 2.05) is 12.1 Å². The van der Waals surface area contributed by atoms with Crippen molar-refractivity contribution in [3.63, 3.8) is 0 Å². The number of hydrogen-bond donors (Lipinski definition) is 2. The molecule has 1 aliphatic carbocycles. The second-order valence-corrected chi connectivity index (χ2v) is 7.17. The Balaban J connectivity index is 1.64. The SMILES string of the molecule is CC(C)=C[C@H]1[C@H](C(=O)NCc2cc3ccccc3[nH]2)C1(C)C. The number of fused-ring (bicyclic) bond motifs is 1. The van der Waals surface area contributed by atoms with Crippen LogP contribution in [0.1, 0.15) is 33.4 Å². The molecule has 1 heterocycles. The van der Waals surface area contributed by atoms with Gasteiger partial charge in [0.05, 0.1) is 12.5 Å². The summed E-state index contributed by atoms with van der Waals surface area (Å²) in [6.45, 7) is 9.08. The van der Waals surface area contributed by atoms with E-state index in [1.54, 1.807) is 0 Å². The summed E-state index contributed by atoms with van der Waals surface area (Å²) in [7, 11) is 0. The number of carbonyl (C=O) groups is 1. The molecule has 0 bridgehead atoms. The molecule has 2 atom stereocenters. The summed E-state index contributed by atoms with van der Waals surface area (Å²) in [5, 5.41) is 4.26. The maximum Gasteiger partial charge on any atom is 0.224 e. The van der Waals surface area contributed by atoms with Crippen molar-refractivity contribution in [1.29, 1.82) is 0 Å². The second-order valence-electron chi connectivity index (χ2n) is 7.17. The lowest BCUT2D eigenvalue weighted by Crippen LogP contribution is -2.26. The van der Waals surface area contributed by atoms with E-state index in [0.29, 0.717) is 12.5 Å². The van der Waals surface area contributed by atoms with Crippen LogP contribution in [-0.2, 0) is 11.3 Å². The summed E-state index contributed by atoms with van der Waals surface area (Å²) in [5.74, 6) is 0.609. The Morgan fingerprint density at radius 2 is 2.05 bits per heavy atom. The van der Waals surface area contributed by atoms with Crippen LogP contribution in [0, 0.1) is 17.3 Å². The van der Waals surface area contributed by atoms with Gasteiger partial charge in [0.25, 0.3) is 0 Å². The van der Waals surface area contributed by atoms with E-state index in [1.165, 1.54) is 11.0 Å². The molecule has 0 saturated heterocycles. The number of para-hydroxylation sites is 1. The van der Waals surface area contributed by atoms with Crippen molar-refractivity contribution in [3.05, 3.63) is 47.7 Å². The van der Waals surface area contributed by atoms with Crippen LogP contribution >= 0.6 is 0 Å². The van der Waals surface area contributed by atoms with Crippen LogP contribution < -0.4 is 5.32 Å². The first-order valence-corrected chi connectivity index (χ1v) is 7.89. The fraction of sp³-hybridized carbons (Fsp3) is 0.421. The molecule has 1 aromatic carbocycles. The zero-order valence-corrected chi connectivity index (χ0v) is 13.7. The third-order valence-electron chi connectivity index (χ3n) is 4.74. The summed E-state index contributed by atoms with van der Waals surface area (Å²) in [6.07, 6.45) is 2.23. The molecule has 116 valence electrons. The smallest absolute Gasteiger partial charge is 0.224 e. The predicted molar refractivity (Wildman–Crippen MR) is 90.3 cm³/mol. The third-order valence-corrected chi connectivity index (χ3v) is 4.74. The van der Waals surface area contributed by atoms with Crippen molar-refractivity contribution in [2.24, 2.45) is 17.3 Å². The van der Waals surface area contributed by atoms with Crippen molar-refractivity contribution in [2.45, 2.75) is 34.2 Å². The molecule has 2 aromatic rings. The van der Waals surface area contributed by atoms with Crippen LogP contribution in [0.2, 0.25) is 0 Å². The first-order chi connectivity index (χ1) is 10.4. The lowest BCUT2D eigenvalue weighted by atomic mass is 10.1. The topological polar surface area (TPSA) is 44.9 Å².